The third-order valence-electron chi connectivity index (χ3n) is 4.90. The quantitative estimate of drug-likeness (QED) is 0.538. The normalized spacial score (nSPS) is 13.5. The second kappa shape index (κ2) is 10.3. The number of carbonyl (C=O) groups is 2. The molecular formula is C22H22F3N5O3. The van der Waals surface area contributed by atoms with Crippen LogP contribution in [-0.4, -0.2) is 51.2 Å². The maximum absolute atomic E-state index is 12.7. The van der Waals surface area contributed by atoms with Crippen molar-refractivity contribution in [3.8, 4) is 11.3 Å². The van der Waals surface area contributed by atoms with E-state index in [9.17, 15) is 18.0 Å². The van der Waals surface area contributed by atoms with Gasteiger partial charge in [0, 0.05) is 42.4 Å². The fourth-order valence-electron chi connectivity index (χ4n) is 3.01. The number of para-hydroxylation sites is 1. The number of nitrogens with zero attached hydrogens (tertiary/aromatic N) is 3. The van der Waals surface area contributed by atoms with Gasteiger partial charge in [0.15, 0.2) is 0 Å². The van der Waals surface area contributed by atoms with Crippen LogP contribution in [0.4, 0.5) is 18.9 Å². The van der Waals surface area contributed by atoms with Crippen LogP contribution < -0.4 is 10.6 Å². The zero-order valence-electron chi connectivity index (χ0n) is 17.6. The SMILES string of the molecule is Cc1ccc(-c2cn(CC3CNC3)nn2)cc1C(=O)Nc1ccccc1.O=C(O)C(F)(F)F. The Labute approximate surface area is 187 Å². The monoisotopic (exact) mass is 461 g/mol. The van der Waals surface area contributed by atoms with Crippen LogP contribution in [0.25, 0.3) is 11.3 Å². The number of benzene rings is 2. The molecule has 33 heavy (non-hydrogen) atoms. The molecule has 0 spiro atoms. The molecule has 0 bridgehead atoms. The van der Waals surface area contributed by atoms with E-state index in [4.69, 9.17) is 9.90 Å². The van der Waals surface area contributed by atoms with Gasteiger partial charge in [0.05, 0.1) is 6.20 Å². The molecule has 0 atom stereocenters. The van der Waals surface area contributed by atoms with E-state index >= 15 is 0 Å². The number of carboxylic acids is 1. The van der Waals surface area contributed by atoms with Gasteiger partial charge < -0.3 is 15.7 Å². The van der Waals surface area contributed by atoms with Gasteiger partial charge in [-0.15, -0.1) is 5.10 Å². The van der Waals surface area contributed by atoms with Gasteiger partial charge in [-0.25, -0.2) is 4.79 Å². The first-order valence-corrected chi connectivity index (χ1v) is 10.0. The van der Waals surface area contributed by atoms with Crippen LogP contribution in [0.5, 0.6) is 0 Å². The smallest absolute Gasteiger partial charge is 0.475 e. The molecule has 3 N–H and O–H groups in total. The minimum atomic E-state index is -5.08. The fourth-order valence-corrected chi connectivity index (χ4v) is 3.01. The minimum Gasteiger partial charge on any atom is -0.475 e. The number of carboxylic acid groups (broad SMARTS) is 1. The first-order chi connectivity index (χ1) is 15.6. The van der Waals surface area contributed by atoms with E-state index in [-0.39, 0.29) is 5.91 Å². The van der Waals surface area contributed by atoms with Gasteiger partial charge in [-0.2, -0.15) is 13.2 Å². The number of amides is 1. The number of rotatable bonds is 5. The van der Waals surface area contributed by atoms with E-state index in [1.165, 1.54) is 0 Å². The topological polar surface area (TPSA) is 109 Å². The molecule has 0 radical (unpaired) electrons. The number of hydrogen-bond donors (Lipinski definition) is 3. The van der Waals surface area contributed by atoms with Gasteiger partial charge in [-0.3, -0.25) is 9.48 Å². The van der Waals surface area contributed by atoms with E-state index < -0.39 is 12.1 Å². The van der Waals surface area contributed by atoms with E-state index in [2.05, 4.69) is 20.9 Å². The molecule has 4 rings (SSSR count). The van der Waals surface area contributed by atoms with Gasteiger partial charge in [-0.1, -0.05) is 35.5 Å². The van der Waals surface area contributed by atoms with Crippen molar-refractivity contribution in [3.05, 3.63) is 65.9 Å². The number of alkyl halides is 3. The molecule has 1 saturated heterocycles. The molecule has 3 aromatic rings. The number of aromatic nitrogens is 3. The molecule has 174 valence electrons. The molecule has 0 saturated carbocycles. The Bertz CT molecular complexity index is 1110. The Hall–Kier alpha value is -3.73. The number of hydrogen-bond acceptors (Lipinski definition) is 5. The lowest BCUT2D eigenvalue weighted by atomic mass is 10.0. The largest absolute Gasteiger partial charge is 0.490 e. The number of aliphatic carboxylic acids is 1. The molecule has 11 heteroatoms. The van der Waals surface area contributed by atoms with Crippen LogP contribution in [0, 0.1) is 12.8 Å². The van der Waals surface area contributed by atoms with Crippen molar-refractivity contribution in [2.24, 2.45) is 5.92 Å². The molecule has 2 heterocycles. The van der Waals surface area contributed by atoms with Crippen molar-refractivity contribution in [2.45, 2.75) is 19.6 Å². The van der Waals surface area contributed by atoms with Gasteiger partial charge in [0.25, 0.3) is 5.91 Å². The highest BCUT2D eigenvalue weighted by molar-refractivity contribution is 6.05. The maximum Gasteiger partial charge on any atom is 0.490 e. The second-order valence-electron chi connectivity index (χ2n) is 7.50. The van der Waals surface area contributed by atoms with E-state index in [1.54, 1.807) is 0 Å². The summed E-state index contributed by atoms with van der Waals surface area (Å²) >= 11 is 0. The van der Waals surface area contributed by atoms with Crippen molar-refractivity contribution in [1.82, 2.24) is 20.3 Å². The summed E-state index contributed by atoms with van der Waals surface area (Å²) in [6.45, 7) is 4.87. The van der Waals surface area contributed by atoms with E-state index in [0.29, 0.717) is 11.5 Å². The highest BCUT2D eigenvalue weighted by Crippen LogP contribution is 2.22. The predicted octanol–water partition coefficient (Wildman–Crippen LogP) is 3.36. The summed E-state index contributed by atoms with van der Waals surface area (Å²) in [5.74, 6) is -2.26. The van der Waals surface area contributed by atoms with Gasteiger partial charge in [0.2, 0.25) is 0 Å². The number of anilines is 1. The average molecular weight is 461 g/mol. The standard InChI is InChI=1S/C20H21N5O.C2HF3O2/c1-14-7-8-16(19-13-25(24-23-19)12-15-10-21-11-15)9-18(14)20(26)22-17-5-3-2-4-6-17;3-2(4,5)1(6)7/h2-9,13,15,21H,10-12H2,1H3,(H,22,26);(H,6,7). The molecule has 1 aliphatic heterocycles. The molecule has 2 aromatic carbocycles. The Balaban J connectivity index is 0.000000383. The Morgan fingerprint density at radius 2 is 1.85 bits per heavy atom. The zero-order chi connectivity index (χ0) is 24.0. The first-order valence-electron chi connectivity index (χ1n) is 10.0. The number of carbonyl (C=O) groups excluding carboxylic acids is 1. The second-order valence-corrected chi connectivity index (χ2v) is 7.50. The number of aryl methyl sites for hydroxylation is 1. The van der Waals surface area contributed by atoms with Crippen molar-refractivity contribution in [1.29, 1.82) is 0 Å². The lowest BCUT2D eigenvalue weighted by molar-refractivity contribution is -0.192. The molecular weight excluding hydrogens is 439 g/mol. The van der Waals surface area contributed by atoms with Crippen LogP contribution in [0.15, 0.2) is 54.7 Å². The lowest BCUT2D eigenvalue weighted by Crippen LogP contribution is -2.44. The summed E-state index contributed by atoms with van der Waals surface area (Å²) in [7, 11) is 0. The molecule has 0 aliphatic carbocycles. The Kier molecular flexibility index (Phi) is 7.44. The molecule has 1 fully saturated rings. The summed E-state index contributed by atoms with van der Waals surface area (Å²) in [5.41, 5.74) is 4.03. The molecule has 1 aromatic heterocycles. The number of halogens is 3. The van der Waals surface area contributed by atoms with Crippen molar-refractivity contribution >= 4 is 17.6 Å². The molecule has 8 nitrogen and oxygen atoms in total. The minimum absolute atomic E-state index is 0.122. The maximum atomic E-state index is 12.7. The van der Waals surface area contributed by atoms with Crippen molar-refractivity contribution in [2.75, 3.05) is 18.4 Å². The van der Waals surface area contributed by atoms with E-state index in [1.807, 2.05) is 66.3 Å². The summed E-state index contributed by atoms with van der Waals surface area (Å²) in [4.78, 5) is 21.6. The van der Waals surface area contributed by atoms with Gasteiger partial charge in [-0.05, 0) is 30.7 Å². The summed E-state index contributed by atoms with van der Waals surface area (Å²) < 4.78 is 33.6. The van der Waals surface area contributed by atoms with Crippen LogP contribution in [0.2, 0.25) is 0 Å². The molecule has 1 aliphatic rings. The summed E-state index contributed by atoms with van der Waals surface area (Å²) in [6.07, 6.45) is -3.14. The number of nitrogens with one attached hydrogen (secondary N) is 2. The highest BCUT2D eigenvalue weighted by atomic mass is 19.4. The van der Waals surface area contributed by atoms with Crippen molar-refractivity contribution < 1.29 is 27.9 Å². The van der Waals surface area contributed by atoms with Gasteiger partial charge >= 0.3 is 12.1 Å². The molecule has 0 unspecified atom stereocenters. The average Bonchev–Trinajstić information content (AvgIpc) is 3.20. The zero-order valence-corrected chi connectivity index (χ0v) is 17.6. The lowest BCUT2D eigenvalue weighted by Gasteiger charge is -2.26. The Morgan fingerprint density at radius 1 is 1.18 bits per heavy atom. The van der Waals surface area contributed by atoms with E-state index in [0.717, 1.165) is 42.1 Å². The first kappa shape index (κ1) is 23.9. The summed E-state index contributed by atoms with van der Waals surface area (Å²) in [6, 6.07) is 15.3. The van der Waals surface area contributed by atoms with Crippen LogP contribution >= 0.6 is 0 Å². The van der Waals surface area contributed by atoms with Crippen molar-refractivity contribution in [3.63, 3.8) is 0 Å². The van der Waals surface area contributed by atoms with Crippen LogP contribution in [0.1, 0.15) is 15.9 Å². The third kappa shape index (κ3) is 6.62. The van der Waals surface area contributed by atoms with Crippen LogP contribution in [-0.2, 0) is 11.3 Å². The summed E-state index contributed by atoms with van der Waals surface area (Å²) in [5, 5.41) is 21.8. The highest BCUT2D eigenvalue weighted by Gasteiger charge is 2.38. The Morgan fingerprint density at radius 3 is 2.42 bits per heavy atom. The third-order valence-corrected chi connectivity index (χ3v) is 4.90. The van der Waals surface area contributed by atoms with Crippen LogP contribution in [0.3, 0.4) is 0 Å². The molecule has 1 amide bonds. The predicted molar refractivity (Wildman–Crippen MR) is 115 cm³/mol. The van der Waals surface area contributed by atoms with Gasteiger partial charge in [0.1, 0.15) is 5.69 Å². The fraction of sp³-hybridized carbons (Fsp3) is 0.273.